The average molecular weight is 344 g/mol. The van der Waals surface area contributed by atoms with E-state index in [1.807, 2.05) is 0 Å². The molecule has 2 aliphatic heterocycles. The molecule has 0 aromatic rings. The van der Waals surface area contributed by atoms with E-state index < -0.39 is 0 Å². The number of rotatable bonds is 4. The molecule has 134 valence electrons. The molecule has 3 rings (SSSR count). The summed E-state index contributed by atoms with van der Waals surface area (Å²) >= 11 is 0. The molecule has 0 aromatic carbocycles. The Kier molecular flexibility index (Phi) is 7.18. The van der Waals surface area contributed by atoms with Gasteiger partial charge in [0.05, 0.1) is 6.04 Å². The van der Waals surface area contributed by atoms with Crippen LogP contribution >= 0.6 is 12.4 Å². The maximum Gasteiger partial charge on any atom is 0.237 e. The predicted octanol–water partition coefficient (Wildman–Crippen LogP) is 2.84. The van der Waals surface area contributed by atoms with Crippen LogP contribution in [0.4, 0.5) is 0 Å². The Morgan fingerprint density at radius 1 is 1.09 bits per heavy atom. The van der Waals surface area contributed by atoms with Gasteiger partial charge in [0.25, 0.3) is 0 Å². The first-order valence-electron chi connectivity index (χ1n) is 9.41. The Labute approximate surface area is 147 Å². The van der Waals surface area contributed by atoms with Gasteiger partial charge in [-0.05, 0) is 45.1 Å². The second-order valence-corrected chi connectivity index (χ2v) is 7.93. The minimum Gasteiger partial charge on any atom is -0.352 e. The topological polar surface area (TPSA) is 58.4 Å². The van der Waals surface area contributed by atoms with Gasteiger partial charge in [0.15, 0.2) is 0 Å². The number of nitrogens with one attached hydrogen (secondary N) is 1. The molecule has 1 amide bonds. The van der Waals surface area contributed by atoms with E-state index in [4.69, 9.17) is 5.73 Å². The molecule has 4 nitrogen and oxygen atoms in total. The van der Waals surface area contributed by atoms with Crippen molar-refractivity contribution in [3.8, 4) is 0 Å². The van der Waals surface area contributed by atoms with Crippen LogP contribution in [0.25, 0.3) is 0 Å². The van der Waals surface area contributed by atoms with Gasteiger partial charge in [0, 0.05) is 18.1 Å². The molecule has 0 aromatic heterocycles. The van der Waals surface area contributed by atoms with E-state index in [2.05, 4.69) is 17.3 Å². The highest BCUT2D eigenvalue weighted by Crippen LogP contribution is 2.33. The standard InChI is InChI=1S/C18H33N3O.ClH/c1-21-15-8-5-9-16(21)12-14(11-15)20-18(22)17(19)10-13-6-3-2-4-7-13;/h13-17H,2-12,19H2,1H3,(H,20,22);1H. The lowest BCUT2D eigenvalue weighted by molar-refractivity contribution is -0.124. The fraction of sp³-hybridized carbons (Fsp3) is 0.944. The molecule has 2 bridgehead atoms. The third-order valence-corrected chi connectivity index (χ3v) is 6.33. The van der Waals surface area contributed by atoms with Gasteiger partial charge in [0.1, 0.15) is 0 Å². The fourth-order valence-electron chi connectivity index (χ4n) is 4.93. The van der Waals surface area contributed by atoms with E-state index >= 15 is 0 Å². The molecule has 3 fully saturated rings. The summed E-state index contributed by atoms with van der Waals surface area (Å²) in [6, 6.07) is 1.36. The van der Waals surface area contributed by atoms with Crippen molar-refractivity contribution in [3.05, 3.63) is 0 Å². The number of nitrogens with two attached hydrogens (primary N) is 1. The normalized spacial score (nSPS) is 33.6. The monoisotopic (exact) mass is 343 g/mol. The minimum absolute atomic E-state index is 0. The van der Waals surface area contributed by atoms with Crippen molar-refractivity contribution >= 4 is 18.3 Å². The number of piperidine rings is 2. The maximum absolute atomic E-state index is 12.4. The highest BCUT2D eigenvalue weighted by atomic mass is 35.5. The molecule has 1 aliphatic carbocycles. The summed E-state index contributed by atoms with van der Waals surface area (Å²) in [5.74, 6) is 0.768. The van der Waals surface area contributed by atoms with Gasteiger partial charge in [-0.2, -0.15) is 0 Å². The molecule has 2 saturated heterocycles. The molecular formula is C18H34ClN3O. The second kappa shape index (κ2) is 8.68. The first-order chi connectivity index (χ1) is 10.6. The van der Waals surface area contributed by atoms with Gasteiger partial charge in [0.2, 0.25) is 5.91 Å². The van der Waals surface area contributed by atoms with Crippen molar-refractivity contribution in [1.82, 2.24) is 10.2 Å². The van der Waals surface area contributed by atoms with Crippen LogP contribution in [0.15, 0.2) is 0 Å². The highest BCUT2D eigenvalue weighted by Gasteiger charge is 2.36. The number of hydrogen-bond donors (Lipinski definition) is 2. The van der Waals surface area contributed by atoms with Crippen molar-refractivity contribution in [1.29, 1.82) is 0 Å². The Hall–Kier alpha value is -0.320. The quantitative estimate of drug-likeness (QED) is 0.825. The Bertz CT molecular complexity index is 372. The molecule has 1 saturated carbocycles. The zero-order chi connectivity index (χ0) is 15.5. The Balaban J connectivity index is 0.00000192. The summed E-state index contributed by atoms with van der Waals surface area (Å²) in [4.78, 5) is 15.0. The van der Waals surface area contributed by atoms with Crippen LogP contribution in [0.3, 0.4) is 0 Å². The van der Waals surface area contributed by atoms with E-state index in [1.165, 1.54) is 51.4 Å². The lowest BCUT2D eigenvalue weighted by atomic mass is 9.82. The third kappa shape index (κ3) is 4.83. The largest absolute Gasteiger partial charge is 0.352 e. The summed E-state index contributed by atoms with van der Waals surface area (Å²) in [5.41, 5.74) is 6.19. The summed E-state index contributed by atoms with van der Waals surface area (Å²) in [7, 11) is 2.25. The van der Waals surface area contributed by atoms with Gasteiger partial charge >= 0.3 is 0 Å². The predicted molar refractivity (Wildman–Crippen MR) is 96.8 cm³/mol. The van der Waals surface area contributed by atoms with Crippen molar-refractivity contribution in [2.45, 2.75) is 94.8 Å². The Morgan fingerprint density at radius 3 is 2.30 bits per heavy atom. The first-order valence-corrected chi connectivity index (χ1v) is 9.41. The smallest absolute Gasteiger partial charge is 0.237 e. The summed E-state index contributed by atoms with van der Waals surface area (Å²) in [6.45, 7) is 0. The van der Waals surface area contributed by atoms with Crippen LogP contribution < -0.4 is 11.1 Å². The van der Waals surface area contributed by atoms with Crippen LogP contribution in [-0.2, 0) is 4.79 Å². The summed E-state index contributed by atoms with van der Waals surface area (Å²) in [5, 5.41) is 3.27. The molecule has 3 N–H and O–H groups in total. The average Bonchev–Trinajstić information content (AvgIpc) is 2.49. The van der Waals surface area contributed by atoms with Crippen LogP contribution in [0.1, 0.15) is 70.6 Å². The number of hydrogen-bond acceptors (Lipinski definition) is 3. The summed E-state index contributed by atoms with van der Waals surface area (Å²) in [6.07, 6.45) is 13.5. The van der Waals surface area contributed by atoms with E-state index in [-0.39, 0.29) is 24.4 Å². The van der Waals surface area contributed by atoms with E-state index in [1.54, 1.807) is 0 Å². The number of carbonyl (C=O) groups is 1. The SMILES string of the molecule is CN1C2CCCC1CC(NC(=O)C(N)CC1CCCCC1)C2.Cl. The maximum atomic E-state index is 12.4. The van der Waals surface area contributed by atoms with Crippen LogP contribution in [0, 0.1) is 5.92 Å². The molecule has 23 heavy (non-hydrogen) atoms. The number of amides is 1. The number of carbonyl (C=O) groups excluding carboxylic acids is 1. The molecular weight excluding hydrogens is 310 g/mol. The summed E-state index contributed by atoms with van der Waals surface area (Å²) < 4.78 is 0. The van der Waals surface area contributed by atoms with E-state index in [0.717, 1.165) is 19.3 Å². The van der Waals surface area contributed by atoms with E-state index in [0.29, 0.717) is 24.0 Å². The lowest BCUT2D eigenvalue weighted by Crippen LogP contribution is -2.57. The fourth-order valence-corrected chi connectivity index (χ4v) is 4.93. The third-order valence-electron chi connectivity index (χ3n) is 6.33. The zero-order valence-corrected chi connectivity index (χ0v) is 15.3. The number of halogens is 1. The van der Waals surface area contributed by atoms with Crippen molar-refractivity contribution in [2.24, 2.45) is 11.7 Å². The van der Waals surface area contributed by atoms with Crippen LogP contribution in [0.2, 0.25) is 0 Å². The van der Waals surface area contributed by atoms with Gasteiger partial charge in [-0.15, -0.1) is 12.4 Å². The molecule has 2 heterocycles. The second-order valence-electron chi connectivity index (χ2n) is 7.93. The molecule has 5 heteroatoms. The van der Waals surface area contributed by atoms with Gasteiger partial charge < -0.3 is 16.0 Å². The van der Waals surface area contributed by atoms with Crippen LogP contribution in [-0.4, -0.2) is 42.0 Å². The number of fused-ring (bicyclic) bond motifs is 2. The molecule has 3 aliphatic rings. The van der Waals surface area contributed by atoms with Crippen molar-refractivity contribution in [2.75, 3.05) is 7.05 Å². The van der Waals surface area contributed by atoms with Crippen LogP contribution in [0.5, 0.6) is 0 Å². The molecule has 3 atom stereocenters. The van der Waals surface area contributed by atoms with E-state index in [9.17, 15) is 4.79 Å². The van der Waals surface area contributed by atoms with Crippen molar-refractivity contribution in [3.63, 3.8) is 0 Å². The van der Waals surface area contributed by atoms with Gasteiger partial charge in [-0.3, -0.25) is 4.79 Å². The Morgan fingerprint density at radius 2 is 1.70 bits per heavy atom. The lowest BCUT2D eigenvalue weighted by Gasteiger charge is -2.47. The first kappa shape index (κ1) is 19.0. The minimum atomic E-state index is -0.303. The molecule has 0 spiro atoms. The molecule has 0 radical (unpaired) electrons. The molecule has 3 unspecified atom stereocenters. The zero-order valence-electron chi connectivity index (χ0n) is 14.5. The van der Waals surface area contributed by atoms with Gasteiger partial charge in [-0.1, -0.05) is 38.5 Å². The van der Waals surface area contributed by atoms with Crippen molar-refractivity contribution < 1.29 is 4.79 Å². The van der Waals surface area contributed by atoms with Gasteiger partial charge in [-0.25, -0.2) is 0 Å². The number of nitrogens with zero attached hydrogens (tertiary/aromatic N) is 1. The highest BCUT2D eigenvalue weighted by molar-refractivity contribution is 5.85.